The van der Waals surface area contributed by atoms with Crippen molar-refractivity contribution in [3.05, 3.63) is 0 Å². The summed E-state index contributed by atoms with van der Waals surface area (Å²) in [6, 6.07) is 0. The Morgan fingerprint density at radius 1 is 1.11 bits per heavy atom. The van der Waals surface area contributed by atoms with Crippen LogP contribution in [0.5, 0.6) is 0 Å². The number of hydrogen-bond acceptors (Lipinski definition) is 3. The van der Waals surface area contributed by atoms with Gasteiger partial charge in [0.05, 0.1) is 12.2 Å². The quantitative estimate of drug-likeness (QED) is 0.526. The van der Waals surface area contributed by atoms with Crippen LogP contribution in [0.15, 0.2) is 0 Å². The fourth-order valence-corrected chi connectivity index (χ4v) is 0.715. The lowest BCUT2D eigenvalue weighted by Crippen LogP contribution is -2.13. The summed E-state index contributed by atoms with van der Waals surface area (Å²) >= 11 is 0. The van der Waals surface area contributed by atoms with Gasteiger partial charge in [0, 0.05) is 7.11 Å². The van der Waals surface area contributed by atoms with Crippen LogP contribution in [0.2, 0.25) is 0 Å². The second-order valence-corrected chi connectivity index (χ2v) is 2.21. The van der Waals surface area contributed by atoms with E-state index in [0.29, 0.717) is 0 Å². The molecule has 54 valence electrons. The first-order valence-corrected chi connectivity index (χ1v) is 3.07. The average molecular weight is 132 g/mol. The highest BCUT2D eigenvalue weighted by Crippen LogP contribution is 2.17. The van der Waals surface area contributed by atoms with E-state index in [1.54, 1.807) is 7.11 Å². The molecule has 0 bridgehead atoms. The van der Waals surface area contributed by atoms with E-state index in [-0.39, 0.29) is 12.2 Å². The summed E-state index contributed by atoms with van der Waals surface area (Å²) in [6.45, 7) is 3.47. The van der Waals surface area contributed by atoms with Crippen molar-refractivity contribution in [1.82, 2.24) is 0 Å². The molecule has 0 aliphatic carbocycles. The van der Waals surface area contributed by atoms with Crippen molar-refractivity contribution in [3.63, 3.8) is 0 Å². The maximum atomic E-state index is 5.18. The smallest absolute Gasteiger partial charge is 0.272 e. The zero-order valence-electron chi connectivity index (χ0n) is 5.96. The van der Waals surface area contributed by atoms with Crippen LogP contribution in [0.4, 0.5) is 0 Å². The van der Waals surface area contributed by atoms with Gasteiger partial charge in [-0.1, -0.05) is 0 Å². The second-order valence-electron chi connectivity index (χ2n) is 2.21. The molecule has 0 aromatic heterocycles. The Morgan fingerprint density at radius 3 is 1.78 bits per heavy atom. The first-order valence-electron chi connectivity index (χ1n) is 3.07. The maximum absolute atomic E-state index is 5.18. The fraction of sp³-hybridized carbons (Fsp3) is 1.00. The van der Waals surface area contributed by atoms with Gasteiger partial charge in [-0.05, 0) is 13.8 Å². The zero-order chi connectivity index (χ0) is 6.85. The Labute approximate surface area is 54.9 Å². The lowest BCUT2D eigenvalue weighted by atomic mass is 10.3. The SMILES string of the molecule is COC1O[C@@H](C)[C@H](C)O1. The van der Waals surface area contributed by atoms with E-state index < -0.39 is 6.48 Å². The third-order valence-electron chi connectivity index (χ3n) is 1.51. The second kappa shape index (κ2) is 2.64. The zero-order valence-corrected chi connectivity index (χ0v) is 5.96. The van der Waals surface area contributed by atoms with Crippen LogP contribution in [0.25, 0.3) is 0 Å². The van der Waals surface area contributed by atoms with Gasteiger partial charge in [-0.25, -0.2) is 0 Å². The molecule has 0 saturated carbocycles. The van der Waals surface area contributed by atoms with Crippen LogP contribution in [0.3, 0.4) is 0 Å². The summed E-state index contributed by atoms with van der Waals surface area (Å²) < 4.78 is 15.2. The van der Waals surface area contributed by atoms with Gasteiger partial charge >= 0.3 is 0 Å². The number of hydrogen-bond donors (Lipinski definition) is 0. The monoisotopic (exact) mass is 132 g/mol. The summed E-state index contributed by atoms with van der Waals surface area (Å²) in [5.74, 6) is 0. The molecule has 0 unspecified atom stereocenters. The molecule has 0 radical (unpaired) electrons. The molecule has 0 amide bonds. The van der Waals surface area contributed by atoms with Crippen LogP contribution in [0, 0.1) is 0 Å². The van der Waals surface area contributed by atoms with Gasteiger partial charge in [-0.3, -0.25) is 0 Å². The van der Waals surface area contributed by atoms with Gasteiger partial charge in [-0.15, -0.1) is 0 Å². The van der Waals surface area contributed by atoms with Crippen molar-refractivity contribution in [2.75, 3.05) is 7.11 Å². The standard InChI is InChI=1S/C6H12O3/c1-4-5(2)9-6(7-3)8-4/h4-6H,1-3H3/t4-,5-/m0/s1. The molecule has 1 aliphatic heterocycles. The van der Waals surface area contributed by atoms with Gasteiger partial charge in [0.1, 0.15) is 0 Å². The predicted molar refractivity (Wildman–Crippen MR) is 31.9 cm³/mol. The predicted octanol–water partition coefficient (Wildman–Crippen LogP) is 0.740. The van der Waals surface area contributed by atoms with Crippen LogP contribution < -0.4 is 0 Å². The molecule has 3 nitrogen and oxygen atoms in total. The molecule has 0 N–H and O–H groups in total. The minimum absolute atomic E-state index is 0.148. The van der Waals surface area contributed by atoms with Gasteiger partial charge < -0.3 is 14.2 Å². The molecule has 0 aromatic rings. The van der Waals surface area contributed by atoms with Gasteiger partial charge in [0.25, 0.3) is 6.48 Å². The van der Waals surface area contributed by atoms with E-state index in [2.05, 4.69) is 0 Å². The number of methoxy groups -OCH3 is 1. The van der Waals surface area contributed by atoms with Gasteiger partial charge in [-0.2, -0.15) is 0 Å². The first kappa shape index (κ1) is 6.99. The highest BCUT2D eigenvalue weighted by molar-refractivity contribution is 4.64. The van der Waals surface area contributed by atoms with Crippen LogP contribution in [-0.2, 0) is 14.2 Å². The maximum Gasteiger partial charge on any atom is 0.272 e. The van der Waals surface area contributed by atoms with E-state index >= 15 is 0 Å². The molecule has 1 saturated heterocycles. The van der Waals surface area contributed by atoms with E-state index in [4.69, 9.17) is 14.2 Å². The molecule has 1 aliphatic rings. The Bertz CT molecular complexity index is 84.3. The lowest BCUT2D eigenvalue weighted by molar-refractivity contribution is -0.226. The minimum Gasteiger partial charge on any atom is -0.333 e. The molecule has 2 atom stereocenters. The van der Waals surface area contributed by atoms with Crippen molar-refractivity contribution in [2.45, 2.75) is 32.5 Å². The van der Waals surface area contributed by atoms with E-state index in [0.717, 1.165) is 0 Å². The molecule has 0 spiro atoms. The summed E-state index contributed by atoms with van der Waals surface area (Å²) in [7, 11) is 1.56. The highest BCUT2D eigenvalue weighted by atomic mass is 16.9. The molecule has 1 heterocycles. The molecular formula is C6H12O3. The molecule has 1 rings (SSSR count). The largest absolute Gasteiger partial charge is 0.333 e. The Hall–Kier alpha value is -0.120. The molecular weight excluding hydrogens is 120 g/mol. The van der Waals surface area contributed by atoms with Crippen molar-refractivity contribution < 1.29 is 14.2 Å². The Balaban J connectivity index is 2.35. The van der Waals surface area contributed by atoms with Crippen molar-refractivity contribution in [2.24, 2.45) is 0 Å². The van der Waals surface area contributed by atoms with Crippen molar-refractivity contribution in [1.29, 1.82) is 0 Å². The molecule has 3 heteroatoms. The lowest BCUT2D eigenvalue weighted by Gasteiger charge is -2.04. The van der Waals surface area contributed by atoms with Gasteiger partial charge in [0.2, 0.25) is 0 Å². The Kier molecular flexibility index (Phi) is 2.05. The molecule has 1 fully saturated rings. The average Bonchev–Trinajstić information content (AvgIpc) is 2.13. The summed E-state index contributed by atoms with van der Waals surface area (Å²) in [6.07, 6.45) is 0.296. The molecule has 0 aromatic carbocycles. The van der Waals surface area contributed by atoms with E-state index in [1.165, 1.54) is 0 Å². The Morgan fingerprint density at radius 2 is 1.56 bits per heavy atom. The molecule has 9 heavy (non-hydrogen) atoms. The summed E-state index contributed by atoms with van der Waals surface area (Å²) in [5, 5.41) is 0. The number of rotatable bonds is 1. The first-order chi connectivity index (χ1) is 4.24. The van der Waals surface area contributed by atoms with Crippen LogP contribution in [-0.4, -0.2) is 25.8 Å². The van der Waals surface area contributed by atoms with Crippen molar-refractivity contribution >= 4 is 0 Å². The summed E-state index contributed by atoms with van der Waals surface area (Å²) in [5.41, 5.74) is 0. The topological polar surface area (TPSA) is 27.7 Å². The highest BCUT2D eigenvalue weighted by Gasteiger charge is 2.28. The van der Waals surface area contributed by atoms with Gasteiger partial charge in [0.15, 0.2) is 0 Å². The van der Waals surface area contributed by atoms with E-state index in [9.17, 15) is 0 Å². The summed E-state index contributed by atoms with van der Waals surface area (Å²) in [4.78, 5) is 0. The van der Waals surface area contributed by atoms with Crippen LogP contribution in [0.1, 0.15) is 13.8 Å². The number of ether oxygens (including phenoxy) is 3. The third-order valence-corrected chi connectivity index (χ3v) is 1.51. The van der Waals surface area contributed by atoms with E-state index in [1.807, 2.05) is 13.8 Å². The van der Waals surface area contributed by atoms with Crippen molar-refractivity contribution in [3.8, 4) is 0 Å². The fourth-order valence-electron chi connectivity index (χ4n) is 0.715. The normalized spacial score (nSPS) is 37.7. The minimum atomic E-state index is -0.449. The van der Waals surface area contributed by atoms with Crippen LogP contribution >= 0.6 is 0 Å². The third kappa shape index (κ3) is 1.41.